The molecule has 270 valence electrons. The van der Waals surface area contributed by atoms with Gasteiger partial charge in [0.1, 0.15) is 0 Å². The molecule has 0 unspecified atom stereocenters. The van der Waals surface area contributed by atoms with Crippen LogP contribution >= 0.6 is 0 Å². The highest BCUT2D eigenvalue weighted by atomic mass is 15.1. The average molecular weight is 728 g/mol. The summed E-state index contributed by atoms with van der Waals surface area (Å²) < 4.78 is 0. The minimum atomic E-state index is -0.488. The summed E-state index contributed by atoms with van der Waals surface area (Å²) in [7, 11) is 0. The molecular formula is C56H41N. The van der Waals surface area contributed by atoms with E-state index >= 15 is 0 Å². The van der Waals surface area contributed by atoms with Crippen molar-refractivity contribution in [2.24, 2.45) is 0 Å². The number of benzene rings is 8. The van der Waals surface area contributed by atoms with Gasteiger partial charge in [-0.25, -0.2) is 0 Å². The fourth-order valence-corrected chi connectivity index (χ4v) is 10.7. The van der Waals surface area contributed by atoms with Crippen molar-refractivity contribution in [3.05, 3.63) is 263 Å². The topological polar surface area (TPSA) is 3.24 Å². The summed E-state index contributed by atoms with van der Waals surface area (Å²) in [6.45, 7) is 4.32. The summed E-state index contributed by atoms with van der Waals surface area (Å²) in [6, 6.07) is 72.7. The summed E-state index contributed by atoms with van der Waals surface area (Å²) >= 11 is 0. The van der Waals surface area contributed by atoms with E-state index in [-0.39, 0.29) is 0 Å². The number of fused-ring (bicyclic) bond motifs is 13. The zero-order valence-corrected chi connectivity index (χ0v) is 32.2. The Bertz CT molecular complexity index is 2720. The van der Waals surface area contributed by atoms with Gasteiger partial charge in [-0.1, -0.05) is 182 Å². The molecule has 0 N–H and O–H groups in total. The third kappa shape index (κ3) is 4.51. The maximum Gasteiger partial charge on any atom is 0.0726 e. The lowest BCUT2D eigenvalue weighted by Gasteiger charge is -2.35. The van der Waals surface area contributed by atoms with Gasteiger partial charge in [0.25, 0.3) is 0 Å². The molecule has 0 saturated heterocycles. The van der Waals surface area contributed by atoms with E-state index in [1.54, 1.807) is 0 Å². The summed E-state index contributed by atoms with van der Waals surface area (Å²) in [6.07, 6.45) is 6.50. The SMILES string of the molecule is C/C=C\C=C(/C)N(c1ccc2c(c1)C(c1ccccc1)(c1ccccc1)c1ccccc1-2)c1ccc2c(c1)C1(c3ccccc3-c3ccccc31)c1ccccc1-2. The van der Waals surface area contributed by atoms with E-state index in [0.717, 1.165) is 17.1 Å². The van der Waals surface area contributed by atoms with Crippen molar-refractivity contribution in [2.75, 3.05) is 4.90 Å². The number of hydrogen-bond acceptors (Lipinski definition) is 1. The molecule has 0 bridgehead atoms. The molecule has 0 amide bonds. The molecule has 1 nitrogen and oxygen atoms in total. The zero-order chi connectivity index (χ0) is 38.1. The van der Waals surface area contributed by atoms with Crippen LogP contribution in [0.4, 0.5) is 11.4 Å². The van der Waals surface area contributed by atoms with Crippen LogP contribution in [0.1, 0.15) is 58.4 Å². The fraction of sp³-hybridized carbons (Fsp3) is 0.0714. The van der Waals surface area contributed by atoms with E-state index < -0.39 is 10.8 Å². The van der Waals surface area contributed by atoms with Crippen LogP contribution in [0.5, 0.6) is 0 Å². The van der Waals surface area contributed by atoms with Gasteiger partial charge in [-0.15, -0.1) is 0 Å². The number of anilines is 2. The molecule has 0 atom stereocenters. The average Bonchev–Trinajstić information content (AvgIpc) is 3.86. The Morgan fingerprint density at radius 3 is 1.16 bits per heavy atom. The van der Waals surface area contributed by atoms with Crippen LogP contribution in [0.25, 0.3) is 33.4 Å². The zero-order valence-electron chi connectivity index (χ0n) is 32.2. The Kier molecular flexibility index (Phi) is 7.50. The molecule has 0 radical (unpaired) electrons. The molecule has 1 heteroatoms. The van der Waals surface area contributed by atoms with Crippen LogP contribution in [0.15, 0.2) is 218 Å². The molecular weight excluding hydrogens is 687 g/mol. The van der Waals surface area contributed by atoms with Crippen molar-refractivity contribution in [1.29, 1.82) is 0 Å². The second-order valence-corrected chi connectivity index (χ2v) is 15.5. The van der Waals surface area contributed by atoms with Crippen molar-refractivity contribution < 1.29 is 0 Å². The van der Waals surface area contributed by atoms with Gasteiger partial charge in [0, 0.05) is 17.1 Å². The number of allylic oxidation sites excluding steroid dienone is 4. The van der Waals surface area contributed by atoms with Gasteiger partial charge in [-0.3, -0.25) is 0 Å². The van der Waals surface area contributed by atoms with E-state index in [0.29, 0.717) is 0 Å². The second-order valence-electron chi connectivity index (χ2n) is 15.5. The predicted octanol–water partition coefficient (Wildman–Crippen LogP) is 14.0. The molecule has 0 heterocycles. The molecule has 8 aromatic carbocycles. The molecule has 3 aliphatic rings. The van der Waals surface area contributed by atoms with Gasteiger partial charge < -0.3 is 4.90 Å². The Hall–Kier alpha value is -6.96. The van der Waals surface area contributed by atoms with E-state index in [4.69, 9.17) is 0 Å². The van der Waals surface area contributed by atoms with E-state index in [2.05, 4.69) is 231 Å². The van der Waals surface area contributed by atoms with Crippen molar-refractivity contribution >= 4 is 11.4 Å². The van der Waals surface area contributed by atoms with Crippen molar-refractivity contribution in [1.82, 2.24) is 0 Å². The Balaban J connectivity index is 1.18. The van der Waals surface area contributed by atoms with Crippen molar-refractivity contribution in [2.45, 2.75) is 24.7 Å². The third-order valence-electron chi connectivity index (χ3n) is 12.8. The number of nitrogens with zero attached hydrogens (tertiary/aromatic N) is 1. The Morgan fingerprint density at radius 2 is 0.737 bits per heavy atom. The van der Waals surface area contributed by atoms with Crippen LogP contribution in [-0.2, 0) is 10.8 Å². The second kappa shape index (κ2) is 12.8. The molecule has 0 aliphatic heterocycles. The highest BCUT2D eigenvalue weighted by Gasteiger charge is 2.52. The van der Waals surface area contributed by atoms with Crippen molar-refractivity contribution in [3.8, 4) is 33.4 Å². The maximum absolute atomic E-state index is 2.49. The normalized spacial score (nSPS) is 14.8. The minimum absolute atomic E-state index is 0.420. The Labute approximate surface area is 335 Å². The standard InChI is InChI=1S/C56H41N/c1-3-4-19-38(2)57(41-32-34-47-45-26-11-15-28-49(45)55(53(47)36-41,39-20-7-5-8-21-39)40-22-9-6-10-23-40)42-33-35-48-46-27-14-18-31-52(46)56(54(48)37-42)50-29-16-12-24-43(50)44-25-13-17-30-51(44)56/h3-37H,1-2H3/b4-3-,38-19+. The summed E-state index contributed by atoms with van der Waals surface area (Å²) in [5.41, 5.74) is 20.9. The quantitative estimate of drug-likeness (QED) is 0.154. The molecule has 57 heavy (non-hydrogen) atoms. The van der Waals surface area contributed by atoms with Crippen LogP contribution in [0.3, 0.4) is 0 Å². The summed E-state index contributed by atoms with van der Waals surface area (Å²) in [5, 5.41) is 0. The highest BCUT2D eigenvalue weighted by Crippen LogP contribution is 2.63. The van der Waals surface area contributed by atoms with E-state index in [9.17, 15) is 0 Å². The molecule has 0 fully saturated rings. The lowest BCUT2D eigenvalue weighted by molar-refractivity contribution is 0.768. The molecule has 11 rings (SSSR count). The largest absolute Gasteiger partial charge is 0.314 e. The first-order valence-electron chi connectivity index (χ1n) is 20.1. The first kappa shape index (κ1) is 33.4. The molecule has 0 aromatic heterocycles. The van der Waals surface area contributed by atoms with Gasteiger partial charge in [-0.2, -0.15) is 0 Å². The third-order valence-corrected chi connectivity index (χ3v) is 12.8. The van der Waals surface area contributed by atoms with Crippen LogP contribution < -0.4 is 4.90 Å². The van der Waals surface area contributed by atoms with Crippen LogP contribution in [-0.4, -0.2) is 0 Å². The molecule has 3 aliphatic carbocycles. The summed E-state index contributed by atoms with van der Waals surface area (Å²) in [4.78, 5) is 2.47. The number of hydrogen-bond donors (Lipinski definition) is 0. The minimum Gasteiger partial charge on any atom is -0.314 e. The monoisotopic (exact) mass is 727 g/mol. The first-order valence-corrected chi connectivity index (χ1v) is 20.1. The Morgan fingerprint density at radius 1 is 0.386 bits per heavy atom. The summed E-state index contributed by atoms with van der Waals surface area (Å²) in [5.74, 6) is 0. The first-order chi connectivity index (χ1) is 28.2. The lowest BCUT2D eigenvalue weighted by atomic mass is 9.67. The van der Waals surface area contributed by atoms with Gasteiger partial charge in [0.2, 0.25) is 0 Å². The lowest BCUT2D eigenvalue weighted by Crippen LogP contribution is -2.29. The van der Waals surface area contributed by atoms with E-state index in [1.807, 2.05) is 0 Å². The van der Waals surface area contributed by atoms with Crippen molar-refractivity contribution in [3.63, 3.8) is 0 Å². The highest BCUT2D eigenvalue weighted by molar-refractivity contribution is 5.96. The number of rotatable bonds is 6. The predicted molar refractivity (Wildman–Crippen MR) is 237 cm³/mol. The van der Waals surface area contributed by atoms with Crippen LogP contribution in [0.2, 0.25) is 0 Å². The molecule has 8 aromatic rings. The van der Waals surface area contributed by atoms with Gasteiger partial charge >= 0.3 is 0 Å². The molecule has 0 saturated carbocycles. The van der Waals surface area contributed by atoms with Crippen LogP contribution in [0, 0.1) is 0 Å². The maximum atomic E-state index is 2.49. The molecule has 1 spiro atoms. The van der Waals surface area contributed by atoms with Gasteiger partial charge in [0.05, 0.1) is 10.8 Å². The van der Waals surface area contributed by atoms with Gasteiger partial charge in [-0.05, 0) is 122 Å². The van der Waals surface area contributed by atoms with Gasteiger partial charge in [0.15, 0.2) is 0 Å². The fourth-order valence-electron chi connectivity index (χ4n) is 10.7. The van der Waals surface area contributed by atoms with E-state index in [1.165, 1.54) is 77.9 Å². The smallest absolute Gasteiger partial charge is 0.0726 e.